The first-order valence-corrected chi connectivity index (χ1v) is 13.1. The molecule has 10 heteroatoms. The molecule has 1 aliphatic heterocycles. The molecule has 1 aromatic carbocycles. The van der Waals surface area contributed by atoms with Gasteiger partial charge in [-0.2, -0.15) is 5.10 Å². The van der Waals surface area contributed by atoms with Gasteiger partial charge in [0.25, 0.3) is 17.5 Å². The Morgan fingerprint density at radius 3 is 2.91 bits per heavy atom. The minimum Gasteiger partial charge on any atom is -0.464 e. The van der Waals surface area contributed by atoms with Gasteiger partial charge in [-0.1, -0.05) is 17.4 Å². The fraction of sp³-hybridized carbons (Fsp3) is 0.560. The fourth-order valence-corrected chi connectivity index (χ4v) is 6.11. The van der Waals surface area contributed by atoms with Crippen LogP contribution < -0.4 is 10.1 Å². The summed E-state index contributed by atoms with van der Waals surface area (Å²) in [5.74, 6) is 0.642. The summed E-state index contributed by atoms with van der Waals surface area (Å²) in [6, 6.07) is 5.89. The quantitative estimate of drug-likeness (QED) is 0.493. The van der Waals surface area contributed by atoms with Crippen LogP contribution >= 0.6 is 11.3 Å². The topological polar surface area (TPSA) is 72.3 Å². The molecule has 1 aliphatic carbocycles. The average molecular weight is 504 g/mol. The summed E-state index contributed by atoms with van der Waals surface area (Å²) in [5, 5.41) is 8.88. The molecule has 1 amide bonds. The lowest BCUT2D eigenvalue weighted by molar-refractivity contribution is 0.0815. The molecule has 2 aromatic heterocycles. The number of ether oxygens (including phenoxy) is 1. The molecule has 0 unspecified atom stereocenters. The van der Waals surface area contributed by atoms with Crippen LogP contribution in [0.5, 0.6) is 5.19 Å². The van der Waals surface area contributed by atoms with E-state index >= 15 is 0 Å². The van der Waals surface area contributed by atoms with Gasteiger partial charge in [0.1, 0.15) is 0 Å². The number of rotatable bonds is 8. The number of hydrogen-bond donors (Lipinski definition) is 1. The maximum absolute atomic E-state index is 12.9. The van der Waals surface area contributed by atoms with E-state index in [9.17, 15) is 13.6 Å². The molecule has 5 rings (SSSR count). The minimum absolute atomic E-state index is 0.0173. The Balaban J connectivity index is 1.06. The van der Waals surface area contributed by atoms with Gasteiger partial charge in [-0.3, -0.25) is 14.4 Å². The van der Waals surface area contributed by atoms with Crippen molar-refractivity contribution < 1.29 is 18.3 Å². The highest BCUT2D eigenvalue weighted by molar-refractivity contribution is 7.13. The summed E-state index contributed by atoms with van der Waals surface area (Å²) in [6.45, 7) is 2.14. The second-order valence-corrected chi connectivity index (χ2v) is 10.6. The van der Waals surface area contributed by atoms with Crippen LogP contribution in [0.4, 0.5) is 8.78 Å². The predicted octanol–water partition coefficient (Wildman–Crippen LogP) is 4.41. The van der Waals surface area contributed by atoms with Gasteiger partial charge in [0.05, 0.1) is 16.8 Å². The lowest BCUT2D eigenvalue weighted by Crippen LogP contribution is -2.38. The third-order valence-corrected chi connectivity index (χ3v) is 8.13. The van der Waals surface area contributed by atoms with Gasteiger partial charge in [0, 0.05) is 42.6 Å². The normalized spacial score (nSPS) is 20.8. The number of amides is 1. The Morgan fingerprint density at radius 2 is 2.11 bits per heavy atom. The Kier molecular flexibility index (Phi) is 7.29. The Morgan fingerprint density at radius 1 is 1.29 bits per heavy atom. The van der Waals surface area contributed by atoms with Gasteiger partial charge >= 0.3 is 0 Å². The van der Waals surface area contributed by atoms with Gasteiger partial charge in [0.15, 0.2) is 6.61 Å². The lowest BCUT2D eigenvalue weighted by Gasteiger charge is -2.32. The molecular formula is C25H31F2N5O2S. The molecule has 1 saturated carbocycles. The Labute approximate surface area is 207 Å². The van der Waals surface area contributed by atoms with E-state index in [1.807, 2.05) is 31.4 Å². The molecule has 0 saturated heterocycles. The number of nitrogens with one attached hydrogen (secondary N) is 1. The van der Waals surface area contributed by atoms with E-state index in [1.54, 1.807) is 4.68 Å². The first kappa shape index (κ1) is 24.1. The van der Waals surface area contributed by atoms with Crippen LogP contribution in [-0.2, 0) is 20.0 Å². The maximum Gasteiger partial charge on any atom is 0.273 e. The molecule has 1 N–H and O–H groups in total. The van der Waals surface area contributed by atoms with Crippen molar-refractivity contribution in [3.8, 4) is 5.19 Å². The van der Waals surface area contributed by atoms with Gasteiger partial charge in [-0.15, -0.1) is 0 Å². The van der Waals surface area contributed by atoms with E-state index < -0.39 is 13.0 Å². The van der Waals surface area contributed by atoms with E-state index in [0.29, 0.717) is 16.7 Å². The Bertz CT molecular complexity index is 1170. The number of halogens is 2. The number of alkyl halides is 2. The zero-order chi connectivity index (χ0) is 24.4. The highest BCUT2D eigenvalue weighted by atomic mass is 32.1. The highest BCUT2D eigenvalue weighted by Crippen LogP contribution is 2.32. The van der Waals surface area contributed by atoms with Gasteiger partial charge in [-0.05, 0) is 63.1 Å². The lowest BCUT2D eigenvalue weighted by atomic mass is 9.84. The number of carbonyl (C=O) groups is 1. The summed E-state index contributed by atoms with van der Waals surface area (Å²) in [6.07, 6.45) is 5.67. The first-order chi connectivity index (χ1) is 16.9. The van der Waals surface area contributed by atoms with Crippen LogP contribution in [0.15, 0.2) is 24.4 Å². The number of carbonyl (C=O) groups excluding carboxylic acids is 1. The van der Waals surface area contributed by atoms with E-state index in [1.165, 1.54) is 11.3 Å². The summed E-state index contributed by atoms with van der Waals surface area (Å²) >= 11 is 1.40. The largest absolute Gasteiger partial charge is 0.464 e. The molecule has 0 spiro atoms. The van der Waals surface area contributed by atoms with E-state index in [-0.39, 0.29) is 11.9 Å². The number of nitrogens with zero attached hydrogens (tertiary/aromatic N) is 4. The third-order valence-electron chi connectivity index (χ3n) is 7.06. The molecule has 1 fully saturated rings. The number of aromatic nitrogens is 3. The second kappa shape index (κ2) is 10.6. The molecule has 7 nitrogen and oxygen atoms in total. The molecule has 0 atom stereocenters. The van der Waals surface area contributed by atoms with E-state index in [2.05, 4.69) is 20.3 Å². The number of fused-ring (bicyclic) bond motifs is 2. The predicted molar refractivity (Wildman–Crippen MR) is 131 cm³/mol. The molecule has 2 aliphatic rings. The van der Waals surface area contributed by atoms with Gasteiger partial charge in [-0.25, -0.2) is 13.8 Å². The highest BCUT2D eigenvalue weighted by Gasteiger charge is 2.26. The van der Waals surface area contributed by atoms with Crippen molar-refractivity contribution in [3.05, 3.63) is 40.5 Å². The molecule has 35 heavy (non-hydrogen) atoms. The zero-order valence-corrected chi connectivity index (χ0v) is 20.7. The number of benzene rings is 1. The molecule has 188 valence electrons. The SMILES string of the molecule is Cn1cc2c(C(=O)N[C@H]3CC[C@H](CCN4CCc5sc(OCC(F)F)nc5C4)CC3)cccc2n1. The molecule has 0 bridgehead atoms. The first-order valence-electron chi connectivity index (χ1n) is 12.3. The van der Waals surface area contributed by atoms with Crippen molar-refractivity contribution in [1.82, 2.24) is 25.0 Å². The average Bonchev–Trinajstić information content (AvgIpc) is 3.43. The van der Waals surface area contributed by atoms with Crippen LogP contribution in [0, 0.1) is 5.92 Å². The smallest absolute Gasteiger partial charge is 0.273 e. The van der Waals surface area contributed by atoms with Gasteiger partial charge < -0.3 is 10.1 Å². The van der Waals surface area contributed by atoms with Crippen molar-refractivity contribution in [2.24, 2.45) is 13.0 Å². The molecular weight excluding hydrogens is 472 g/mol. The molecule has 3 aromatic rings. The van der Waals surface area contributed by atoms with Crippen molar-refractivity contribution in [3.63, 3.8) is 0 Å². The van der Waals surface area contributed by atoms with Gasteiger partial charge in [0.2, 0.25) is 0 Å². The van der Waals surface area contributed by atoms with Crippen molar-refractivity contribution in [1.29, 1.82) is 0 Å². The zero-order valence-electron chi connectivity index (χ0n) is 19.9. The molecule has 0 radical (unpaired) electrons. The van der Waals surface area contributed by atoms with Crippen LogP contribution in [0.3, 0.4) is 0 Å². The van der Waals surface area contributed by atoms with Crippen LogP contribution in [-0.4, -0.2) is 57.7 Å². The minimum atomic E-state index is -2.48. The summed E-state index contributed by atoms with van der Waals surface area (Å²) < 4.78 is 31.6. The fourth-order valence-electron chi connectivity index (χ4n) is 5.20. The number of thiazole rings is 1. The third kappa shape index (κ3) is 5.81. The summed E-state index contributed by atoms with van der Waals surface area (Å²) in [7, 11) is 1.87. The van der Waals surface area contributed by atoms with Crippen LogP contribution in [0.1, 0.15) is 53.0 Å². The maximum atomic E-state index is 12.9. The van der Waals surface area contributed by atoms with E-state index in [4.69, 9.17) is 4.74 Å². The van der Waals surface area contributed by atoms with E-state index in [0.717, 1.165) is 79.6 Å². The Hall–Kier alpha value is -2.59. The standard InChI is InChI=1S/C25H31F2N5O2S/c1-31-13-19-18(3-2-4-20(19)30-31)24(33)28-17-7-5-16(6-8-17)9-11-32-12-10-22-21(14-32)29-25(35-22)34-15-23(26)27/h2-4,13,16-17,23H,5-12,14-15H2,1H3,(H,28,33)/t16-,17-. The monoisotopic (exact) mass is 503 g/mol. The molecule has 3 heterocycles. The second-order valence-electron chi connectivity index (χ2n) is 9.60. The summed E-state index contributed by atoms with van der Waals surface area (Å²) in [5.41, 5.74) is 2.50. The number of hydrogen-bond acceptors (Lipinski definition) is 6. The van der Waals surface area contributed by atoms with Crippen molar-refractivity contribution in [2.75, 3.05) is 19.7 Å². The summed E-state index contributed by atoms with van der Waals surface area (Å²) in [4.78, 5) is 20.9. The number of aryl methyl sites for hydroxylation is 1. The van der Waals surface area contributed by atoms with Crippen molar-refractivity contribution in [2.45, 2.75) is 57.5 Å². The van der Waals surface area contributed by atoms with Crippen LogP contribution in [0.2, 0.25) is 0 Å². The van der Waals surface area contributed by atoms with Crippen molar-refractivity contribution >= 4 is 28.1 Å². The van der Waals surface area contributed by atoms with Crippen LogP contribution in [0.25, 0.3) is 10.9 Å².